The molecule has 0 fully saturated rings. The second-order valence-corrected chi connectivity index (χ2v) is 6.72. The highest BCUT2D eigenvalue weighted by Crippen LogP contribution is 2.18. The second kappa shape index (κ2) is 11.0. The number of ether oxygens (including phenoxy) is 1. The van der Waals surface area contributed by atoms with Gasteiger partial charge in [0.05, 0.1) is 13.2 Å². The Bertz CT molecular complexity index is 842. The molecule has 0 heterocycles. The molecule has 2 aromatic rings. The molecule has 0 spiro atoms. The van der Waals surface area contributed by atoms with Crippen molar-refractivity contribution in [2.45, 2.75) is 20.0 Å². The van der Waals surface area contributed by atoms with Crippen molar-refractivity contribution >= 4 is 17.6 Å². The van der Waals surface area contributed by atoms with Crippen LogP contribution in [0, 0.1) is 5.82 Å². The van der Waals surface area contributed by atoms with Gasteiger partial charge in [-0.05, 0) is 56.4 Å². The van der Waals surface area contributed by atoms with Gasteiger partial charge in [0.25, 0.3) is 0 Å². The number of hydrogen-bond acceptors (Lipinski definition) is 4. The Labute approximate surface area is 170 Å². The molecule has 0 aromatic heterocycles. The lowest BCUT2D eigenvalue weighted by molar-refractivity contribution is -0.116. The Hall–Kier alpha value is -3.13. The first-order valence-corrected chi connectivity index (χ1v) is 9.33. The highest BCUT2D eigenvalue weighted by Gasteiger charge is 2.07. The summed E-state index contributed by atoms with van der Waals surface area (Å²) < 4.78 is 19.0. The van der Waals surface area contributed by atoms with Crippen LogP contribution in [0.25, 0.3) is 0 Å². The Morgan fingerprint density at radius 3 is 2.34 bits per heavy atom. The predicted molar refractivity (Wildman–Crippen MR) is 110 cm³/mol. The molecule has 0 atom stereocenters. The maximum atomic E-state index is 13.8. The number of hydrogen-bond donors (Lipinski definition) is 3. The van der Waals surface area contributed by atoms with Gasteiger partial charge in [0, 0.05) is 18.8 Å². The molecule has 7 nitrogen and oxygen atoms in total. The van der Waals surface area contributed by atoms with Gasteiger partial charge in [-0.1, -0.05) is 18.2 Å². The van der Waals surface area contributed by atoms with Gasteiger partial charge in [-0.3, -0.25) is 4.79 Å². The van der Waals surface area contributed by atoms with E-state index in [4.69, 9.17) is 4.74 Å². The summed E-state index contributed by atoms with van der Waals surface area (Å²) in [5.74, 6) is -0.376. The fourth-order valence-electron chi connectivity index (χ4n) is 2.60. The van der Waals surface area contributed by atoms with Gasteiger partial charge in [-0.15, -0.1) is 0 Å². The normalized spacial score (nSPS) is 10.5. The van der Waals surface area contributed by atoms with E-state index in [0.29, 0.717) is 24.4 Å². The highest BCUT2D eigenvalue weighted by atomic mass is 19.1. The summed E-state index contributed by atoms with van der Waals surface area (Å²) in [6.07, 6.45) is 0. The molecule has 0 radical (unpaired) electrons. The SMILES string of the molecule is CCOc1ccc(CNC(=O)NCc2cccc(NC(=O)CN(C)C)c2)cc1F. The van der Waals surface area contributed by atoms with E-state index in [1.165, 1.54) is 6.07 Å². The van der Waals surface area contributed by atoms with Crippen molar-refractivity contribution < 1.29 is 18.7 Å². The maximum Gasteiger partial charge on any atom is 0.315 e. The van der Waals surface area contributed by atoms with Crippen molar-refractivity contribution in [1.29, 1.82) is 0 Å². The first-order valence-electron chi connectivity index (χ1n) is 9.33. The van der Waals surface area contributed by atoms with Crippen molar-refractivity contribution in [1.82, 2.24) is 15.5 Å². The average Bonchev–Trinajstić information content (AvgIpc) is 2.66. The van der Waals surface area contributed by atoms with Crippen molar-refractivity contribution in [3.8, 4) is 5.75 Å². The summed E-state index contributed by atoms with van der Waals surface area (Å²) in [5, 5.41) is 8.23. The van der Waals surface area contributed by atoms with Gasteiger partial charge in [-0.25, -0.2) is 9.18 Å². The van der Waals surface area contributed by atoms with Crippen LogP contribution in [0.5, 0.6) is 5.75 Å². The van der Waals surface area contributed by atoms with Gasteiger partial charge in [0.15, 0.2) is 11.6 Å². The maximum absolute atomic E-state index is 13.8. The number of carbonyl (C=O) groups is 2. The third-order valence-corrected chi connectivity index (χ3v) is 3.87. The zero-order chi connectivity index (χ0) is 21.2. The van der Waals surface area contributed by atoms with Crippen LogP contribution in [0.15, 0.2) is 42.5 Å². The van der Waals surface area contributed by atoms with Crippen LogP contribution in [-0.2, 0) is 17.9 Å². The zero-order valence-electron chi connectivity index (χ0n) is 16.9. The van der Waals surface area contributed by atoms with Gasteiger partial charge in [0.2, 0.25) is 5.91 Å². The van der Waals surface area contributed by atoms with E-state index in [1.807, 2.05) is 26.2 Å². The summed E-state index contributed by atoms with van der Waals surface area (Å²) in [6.45, 7) is 2.94. The van der Waals surface area contributed by atoms with Crippen molar-refractivity contribution in [2.75, 3.05) is 32.6 Å². The molecule has 0 aliphatic carbocycles. The van der Waals surface area contributed by atoms with Gasteiger partial charge in [0.1, 0.15) is 0 Å². The first kappa shape index (κ1) is 22.2. The number of rotatable bonds is 9. The lowest BCUT2D eigenvalue weighted by Crippen LogP contribution is -2.34. The van der Waals surface area contributed by atoms with Gasteiger partial charge < -0.3 is 25.6 Å². The molecule has 3 N–H and O–H groups in total. The molecular weight excluding hydrogens is 375 g/mol. The van der Waals surface area contributed by atoms with E-state index in [-0.39, 0.29) is 30.8 Å². The summed E-state index contributed by atoms with van der Waals surface area (Å²) in [6, 6.07) is 11.5. The molecule has 8 heteroatoms. The van der Waals surface area contributed by atoms with Crippen LogP contribution in [0.4, 0.5) is 14.9 Å². The highest BCUT2D eigenvalue weighted by molar-refractivity contribution is 5.92. The molecule has 0 saturated heterocycles. The van der Waals surface area contributed by atoms with Crippen LogP contribution >= 0.6 is 0 Å². The quantitative estimate of drug-likeness (QED) is 0.602. The molecule has 2 aromatic carbocycles. The Kier molecular flexibility index (Phi) is 8.42. The summed E-state index contributed by atoms with van der Waals surface area (Å²) >= 11 is 0. The first-order chi connectivity index (χ1) is 13.9. The van der Waals surface area contributed by atoms with Gasteiger partial charge >= 0.3 is 6.03 Å². The summed E-state index contributed by atoms with van der Waals surface area (Å²) in [4.78, 5) is 25.6. The summed E-state index contributed by atoms with van der Waals surface area (Å²) in [7, 11) is 3.64. The fraction of sp³-hybridized carbons (Fsp3) is 0.333. The number of likely N-dealkylation sites (N-methyl/N-ethyl adjacent to an activating group) is 1. The van der Waals surface area contributed by atoms with E-state index < -0.39 is 5.82 Å². The molecule has 0 unspecified atom stereocenters. The number of nitrogens with one attached hydrogen (secondary N) is 3. The van der Waals surface area contributed by atoms with E-state index >= 15 is 0 Å². The molecule has 2 rings (SSSR count). The lowest BCUT2D eigenvalue weighted by Gasteiger charge is -2.12. The fourth-order valence-corrected chi connectivity index (χ4v) is 2.60. The molecule has 29 heavy (non-hydrogen) atoms. The third kappa shape index (κ3) is 7.79. The zero-order valence-corrected chi connectivity index (χ0v) is 16.9. The molecular formula is C21H27FN4O3. The largest absolute Gasteiger partial charge is 0.491 e. The number of urea groups is 1. The van der Waals surface area contributed by atoms with E-state index in [0.717, 1.165) is 5.56 Å². The molecule has 0 aliphatic heterocycles. The van der Waals surface area contributed by atoms with Crippen LogP contribution in [0.1, 0.15) is 18.1 Å². The standard InChI is InChI=1S/C21H27FN4O3/c1-4-29-19-9-8-16(11-18(19)22)13-24-21(28)23-12-15-6-5-7-17(10-15)25-20(27)14-26(2)3/h5-11H,4,12-14H2,1-3H3,(H,25,27)(H2,23,24,28). The second-order valence-electron chi connectivity index (χ2n) is 6.72. The van der Waals surface area contributed by atoms with Crippen LogP contribution in [0.3, 0.4) is 0 Å². The van der Waals surface area contributed by atoms with Gasteiger partial charge in [-0.2, -0.15) is 0 Å². The van der Waals surface area contributed by atoms with Crippen molar-refractivity contribution in [2.24, 2.45) is 0 Å². The summed E-state index contributed by atoms with van der Waals surface area (Å²) in [5.41, 5.74) is 2.14. The van der Waals surface area contributed by atoms with E-state index in [1.54, 1.807) is 36.1 Å². The Balaban J connectivity index is 1.81. The minimum absolute atomic E-state index is 0.111. The van der Waals surface area contributed by atoms with E-state index in [9.17, 15) is 14.0 Å². The lowest BCUT2D eigenvalue weighted by atomic mass is 10.2. The average molecular weight is 402 g/mol. The smallest absolute Gasteiger partial charge is 0.315 e. The Morgan fingerprint density at radius 1 is 1.03 bits per heavy atom. The third-order valence-electron chi connectivity index (χ3n) is 3.87. The number of carbonyl (C=O) groups excluding carboxylic acids is 2. The number of halogens is 1. The van der Waals surface area contributed by atoms with E-state index in [2.05, 4.69) is 16.0 Å². The minimum Gasteiger partial charge on any atom is -0.491 e. The van der Waals surface area contributed by atoms with Crippen LogP contribution < -0.4 is 20.7 Å². The topological polar surface area (TPSA) is 82.7 Å². The molecule has 0 bridgehead atoms. The number of anilines is 1. The van der Waals surface area contributed by atoms with Crippen molar-refractivity contribution in [3.05, 3.63) is 59.4 Å². The predicted octanol–water partition coefficient (Wildman–Crippen LogP) is 2.72. The molecule has 0 aliphatic rings. The number of nitrogens with zero attached hydrogens (tertiary/aromatic N) is 1. The van der Waals surface area contributed by atoms with Crippen molar-refractivity contribution in [3.63, 3.8) is 0 Å². The molecule has 3 amide bonds. The number of benzene rings is 2. The molecule has 156 valence electrons. The Morgan fingerprint density at radius 2 is 1.72 bits per heavy atom. The monoisotopic (exact) mass is 402 g/mol. The van der Waals surface area contributed by atoms with Crippen LogP contribution in [-0.4, -0.2) is 44.1 Å². The van der Waals surface area contributed by atoms with Crippen LogP contribution in [0.2, 0.25) is 0 Å². The molecule has 0 saturated carbocycles. The minimum atomic E-state index is -0.459. The number of amides is 3.